The molecular formula is C14H27N3OS. The summed E-state index contributed by atoms with van der Waals surface area (Å²) in [5.41, 5.74) is 5.90. The van der Waals surface area contributed by atoms with E-state index < -0.39 is 0 Å². The van der Waals surface area contributed by atoms with Crippen LogP contribution in [0.2, 0.25) is 0 Å². The molecule has 2 N–H and O–H groups in total. The van der Waals surface area contributed by atoms with Crippen LogP contribution in [-0.2, 0) is 4.79 Å². The molecule has 0 saturated carbocycles. The van der Waals surface area contributed by atoms with Gasteiger partial charge in [0.2, 0.25) is 5.91 Å². The number of rotatable bonds is 4. The van der Waals surface area contributed by atoms with E-state index in [-0.39, 0.29) is 4.75 Å². The van der Waals surface area contributed by atoms with Gasteiger partial charge in [0.25, 0.3) is 0 Å². The molecule has 2 fully saturated rings. The van der Waals surface area contributed by atoms with Gasteiger partial charge in [-0.25, -0.2) is 0 Å². The van der Waals surface area contributed by atoms with Crippen LogP contribution in [-0.4, -0.2) is 66.0 Å². The molecule has 2 heterocycles. The number of amides is 1. The summed E-state index contributed by atoms with van der Waals surface area (Å²) < 4.78 is 0.255. The Labute approximate surface area is 121 Å². The average molecular weight is 285 g/mol. The number of nitrogens with two attached hydrogens (primary N) is 1. The molecule has 19 heavy (non-hydrogen) atoms. The van der Waals surface area contributed by atoms with Crippen molar-refractivity contribution in [3.05, 3.63) is 0 Å². The fourth-order valence-electron chi connectivity index (χ4n) is 3.04. The Morgan fingerprint density at radius 2 is 1.79 bits per heavy atom. The average Bonchev–Trinajstić information content (AvgIpc) is 2.49. The van der Waals surface area contributed by atoms with Crippen LogP contribution < -0.4 is 5.73 Å². The Morgan fingerprint density at radius 3 is 2.32 bits per heavy atom. The highest BCUT2D eigenvalue weighted by Gasteiger charge is 2.33. The maximum absolute atomic E-state index is 12.2. The minimum Gasteiger partial charge on any atom is -0.342 e. The Kier molecular flexibility index (Phi) is 5.54. The van der Waals surface area contributed by atoms with E-state index in [1.54, 1.807) is 0 Å². The molecule has 2 aliphatic heterocycles. The number of piperidine rings is 2. The van der Waals surface area contributed by atoms with Crippen molar-refractivity contribution in [2.75, 3.05) is 45.5 Å². The highest BCUT2D eigenvalue weighted by atomic mass is 32.2. The predicted molar refractivity (Wildman–Crippen MR) is 81.4 cm³/mol. The summed E-state index contributed by atoms with van der Waals surface area (Å²) >= 11 is 1.90. The number of carbonyl (C=O) groups is 1. The van der Waals surface area contributed by atoms with E-state index in [0.717, 1.165) is 45.6 Å². The highest BCUT2D eigenvalue weighted by Crippen LogP contribution is 2.33. The van der Waals surface area contributed by atoms with E-state index >= 15 is 0 Å². The Morgan fingerprint density at radius 1 is 1.16 bits per heavy atom. The molecule has 0 radical (unpaired) electrons. The number of likely N-dealkylation sites (tertiary alicyclic amines) is 2. The zero-order chi connectivity index (χ0) is 13.7. The van der Waals surface area contributed by atoms with Gasteiger partial charge in [-0.15, -0.1) is 0 Å². The molecule has 2 rings (SSSR count). The maximum atomic E-state index is 12.2. The van der Waals surface area contributed by atoms with E-state index in [1.807, 2.05) is 16.7 Å². The van der Waals surface area contributed by atoms with Gasteiger partial charge in [0.15, 0.2) is 0 Å². The zero-order valence-electron chi connectivity index (χ0n) is 12.1. The van der Waals surface area contributed by atoms with Crippen molar-refractivity contribution in [1.82, 2.24) is 9.80 Å². The van der Waals surface area contributed by atoms with Gasteiger partial charge in [-0.05, 0) is 38.4 Å². The number of carbonyl (C=O) groups excluding carboxylic acids is 1. The summed E-state index contributed by atoms with van der Waals surface area (Å²) in [5, 5.41) is 0. The quantitative estimate of drug-likeness (QED) is 0.842. The summed E-state index contributed by atoms with van der Waals surface area (Å²) in [6.45, 7) is 5.31. The molecule has 0 aromatic carbocycles. The van der Waals surface area contributed by atoms with Gasteiger partial charge < -0.3 is 10.6 Å². The fourth-order valence-corrected chi connectivity index (χ4v) is 3.80. The first-order valence-electron chi connectivity index (χ1n) is 7.44. The lowest BCUT2D eigenvalue weighted by atomic mass is 9.96. The van der Waals surface area contributed by atoms with E-state index in [2.05, 4.69) is 11.2 Å². The van der Waals surface area contributed by atoms with Crippen molar-refractivity contribution in [2.45, 2.75) is 36.9 Å². The first kappa shape index (κ1) is 15.1. The summed E-state index contributed by atoms with van der Waals surface area (Å²) in [4.78, 5) is 16.6. The summed E-state index contributed by atoms with van der Waals surface area (Å²) in [7, 11) is 0. The lowest BCUT2D eigenvalue weighted by molar-refractivity contribution is -0.133. The molecule has 1 amide bonds. The Bertz CT molecular complexity index is 291. The largest absolute Gasteiger partial charge is 0.342 e. The van der Waals surface area contributed by atoms with Gasteiger partial charge in [0, 0.05) is 37.5 Å². The normalized spacial score (nSPS) is 24.4. The molecule has 0 aliphatic carbocycles. The molecule has 5 heteroatoms. The molecular weight excluding hydrogens is 258 g/mol. The number of nitrogens with zero attached hydrogens (tertiary/aromatic N) is 2. The molecule has 2 saturated heterocycles. The lowest BCUT2D eigenvalue weighted by Crippen LogP contribution is -2.50. The van der Waals surface area contributed by atoms with Crippen molar-refractivity contribution < 1.29 is 4.79 Å². The molecule has 2 aliphatic rings. The van der Waals surface area contributed by atoms with E-state index in [9.17, 15) is 4.79 Å². The fraction of sp³-hybridized carbons (Fsp3) is 0.929. The molecule has 110 valence electrons. The Balaban J connectivity index is 1.77. The molecule has 0 bridgehead atoms. The zero-order valence-corrected chi connectivity index (χ0v) is 12.9. The molecule has 0 atom stereocenters. The van der Waals surface area contributed by atoms with Crippen molar-refractivity contribution in [3.8, 4) is 0 Å². The molecule has 0 aromatic rings. The van der Waals surface area contributed by atoms with Crippen LogP contribution in [0.5, 0.6) is 0 Å². The van der Waals surface area contributed by atoms with Crippen LogP contribution >= 0.6 is 11.8 Å². The second-order valence-electron chi connectivity index (χ2n) is 5.81. The molecule has 0 spiro atoms. The minimum atomic E-state index is 0.255. The number of hydrogen-bond acceptors (Lipinski definition) is 4. The van der Waals surface area contributed by atoms with E-state index in [1.165, 1.54) is 19.3 Å². The van der Waals surface area contributed by atoms with Gasteiger partial charge in [-0.2, -0.15) is 11.8 Å². The molecule has 0 aromatic heterocycles. The van der Waals surface area contributed by atoms with Crippen molar-refractivity contribution in [1.29, 1.82) is 0 Å². The van der Waals surface area contributed by atoms with Gasteiger partial charge in [-0.1, -0.05) is 0 Å². The molecule has 4 nitrogen and oxygen atoms in total. The first-order chi connectivity index (χ1) is 9.19. The highest BCUT2D eigenvalue weighted by molar-refractivity contribution is 8.00. The van der Waals surface area contributed by atoms with Crippen molar-refractivity contribution >= 4 is 17.7 Å². The Hall–Kier alpha value is -0.260. The lowest BCUT2D eigenvalue weighted by Gasteiger charge is -2.40. The standard InChI is InChI=1S/C14H27N3OS/c1-19-14(12-15)5-9-16(10-6-14)11-13(18)17-7-3-2-4-8-17/h2-12,15H2,1H3. The van der Waals surface area contributed by atoms with Crippen LogP contribution in [0, 0.1) is 0 Å². The third-order valence-electron chi connectivity index (χ3n) is 4.64. The topological polar surface area (TPSA) is 49.6 Å². The second kappa shape index (κ2) is 6.95. The number of thioether (sulfide) groups is 1. The summed E-state index contributed by atoms with van der Waals surface area (Å²) in [6.07, 6.45) is 8.00. The van der Waals surface area contributed by atoms with Crippen molar-refractivity contribution in [2.24, 2.45) is 5.73 Å². The minimum absolute atomic E-state index is 0.255. The summed E-state index contributed by atoms with van der Waals surface area (Å²) in [5.74, 6) is 0.323. The smallest absolute Gasteiger partial charge is 0.236 e. The van der Waals surface area contributed by atoms with Crippen molar-refractivity contribution in [3.63, 3.8) is 0 Å². The van der Waals surface area contributed by atoms with Crippen LogP contribution in [0.3, 0.4) is 0 Å². The summed E-state index contributed by atoms with van der Waals surface area (Å²) in [6, 6.07) is 0. The SMILES string of the molecule is CSC1(CN)CCN(CC(=O)N2CCCCC2)CC1. The third-order valence-corrected chi connectivity index (χ3v) is 6.08. The second-order valence-corrected chi connectivity index (χ2v) is 7.08. The van der Waals surface area contributed by atoms with E-state index in [4.69, 9.17) is 5.73 Å². The van der Waals surface area contributed by atoms with Crippen LogP contribution in [0.15, 0.2) is 0 Å². The monoisotopic (exact) mass is 285 g/mol. The van der Waals surface area contributed by atoms with E-state index in [0.29, 0.717) is 12.5 Å². The maximum Gasteiger partial charge on any atom is 0.236 e. The predicted octanol–water partition coefficient (Wildman–Crippen LogP) is 1.16. The van der Waals surface area contributed by atoms with Crippen LogP contribution in [0.4, 0.5) is 0 Å². The third kappa shape index (κ3) is 3.86. The number of hydrogen-bond donors (Lipinski definition) is 1. The van der Waals surface area contributed by atoms with Gasteiger partial charge in [-0.3, -0.25) is 9.69 Å². The van der Waals surface area contributed by atoms with Crippen LogP contribution in [0.25, 0.3) is 0 Å². The first-order valence-corrected chi connectivity index (χ1v) is 8.67. The van der Waals surface area contributed by atoms with Gasteiger partial charge in [0.1, 0.15) is 0 Å². The molecule has 0 unspecified atom stereocenters. The van der Waals surface area contributed by atoms with Crippen LogP contribution in [0.1, 0.15) is 32.1 Å². The van der Waals surface area contributed by atoms with Gasteiger partial charge in [0.05, 0.1) is 6.54 Å². The van der Waals surface area contributed by atoms with Gasteiger partial charge >= 0.3 is 0 Å².